The van der Waals surface area contributed by atoms with Crippen LogP contribution in [-0.2, 0) is 6.18 Å². The van der Waals surface area contributed by atoms with E-state index in [0.29, 0.717) is 30.0 Å². The summed E-state index contributed by atoms with van der Waals surface area (Å²) in [5.41, 5.74) is 5.91. The highest BCUT2D eigenvalue weighted by molar-refractivity contribution is 5.88. The number of aromatic nitrogens is 3. The molecular weight excluding hydrogens is 395 g/mol. The smallest absolute Gasteiger partial charge is 0.368 e. The van der Waals surface area contributed by atoms with Gasteiger partial charge in [0.25, 0.3) is 0 Å². The number of nitrogens with two attached hydrogens (primary N) is 1. The molecule has 0 atom stereocenters. The Kier molecular flexibility index (Phi) is 5.02. The van der Waals surface area contributed by atoms with Crippen molar-refractivity contribution in [1.82, 2.24) is 19.9 Å². The lowest BCUT2D eigenvalue weighted by atomic mass is 9.99. The highest BCUT2D eigenvalue weighted by atomic mass is 19.4. The third-order valence-electron chi connectivity index (χ3n) is 5.19. The summed E-state index contributed by atoms with van der Waals surface area (Å²) in [5, 5.41) is 0.522. The summed E-state index contributed by atoms with van der Waals surface area (Å²) in [6.07, 6.45) is -4.53. The number of rotatable bonds is 3. The van der Waals surface area contributed by atoms with E-state index in [0.717, 1.165) is 19.2 Å². The first-order valence-corrected chi connectivity index (χ1v) is 9.39. The fourth-order valence-corrected chi connectivity index (χ4v) is 3.66. The first-order valence-electron chi connectivity index (χ1n) is 9.39. The SMILES string of the molecule is C=[NH+]c1nc(N)nc2nc(-c3c(N4CCN(C)CC4)cccc3C(F)(F)F)ccc12. The zero-order chi connectivity index (χ0) is 21.5. The highest BCUT2D eigenvalue weighted by Gasteiger charge is 2.36. The van der Waals surface area contributed by atoms with Crippen molar-refractivity contribution in [3.63, 3.8) is 0 Å². The number of alkyl halides is 3. The quantitative estimate of drug-likeness (QED) is 0.629. The standard InChI is InChI=1S/C20H20F3N7/c1-25-17-12-6-7-14(26-18(12)28-19(24)27-17)16-13(20(21,22)23)4-3-5-15(16)30-10-8-29(2)9-11-30/h3-7H,1,8-11H2,2H3,(H2,24,26,27,28)/p+1. The van der Waals surface area contributed by atoms with Crippen molar-refractivity contribution < 1.29 is 18.2 Å². The topological polar surface area (TPSA) is 85.1 Å². The number of benzene rings is 1. The maximum atomic E-state index is 13.9. The molecule has 0 saturated carbocycles. The highest BCUT2D eigenvalue weighted by Crippen LogP contribution is 2.42. The van der Waals surface area contributed by atoms with Gasteiger partial charge in [-0.3, -0.25) is 4.99 Å². The van der Waals surface area contributed by atoms with Crippen molar-refractivity contribution >= 4 is 35.2 Å². The van der Waals surface area contributed by atoms with Crippen LogP contribution in [0.4, 0.5) is 30.6 Å². The Labute approximate surface area is 171 Å². The van der Waals surface area contributed by atoms with E-state index >= 15 is 0 Å². The van der Waals surface area contributed by atoms with Gasteiger partial charge in [-0.05, 0) is 36.3 Å². The van der Waals surface area contributed by atoms with Gasteiger partial charge >= 0.3 is 17.9 Å². The van der Waals surface area contributed by atoms with Gasteiger partial charge in [-0.1, -0.05) is 6.07 Å². The molecule has 1 aliphatic rings. The maximum absolute atomic E-state index is 13.9. The molecule has 156 valence electrons. The van der Waals surface area contributed by atoms with Crippen LogP contribution in [0.15, 0.2) is 30.3 Å². The molecule has 30 heavy (non-hydrogen) atoms. The summed E-state index contributed by atoms with van der Waals surface area (Å²) in [7, 11) is 1.99. The molecule has 7 nitrogen and oxygen atoms in total. The van der Waals surface area contributed by atoms with Crippen LogP contribution < -0.4 is 15.6 Å². The number of hydrogen-bond acceptors (Lipinski definition) is 6. The van der Waals surface area contributed by atoms with Gasteiger partial charge in [-0.15, -0.1) is 0 Å². The van der Waals surface area contributed by atoms with Crippen molar-refractivity contribution in [2.24, 2.45) is 0 Å². The molecule has 3 aromatic rings. The largest absolute Gasteiger partial charge is 0.417 e. The van der Waals surface area contributed by atoms with Crippen LogP contribution in [0.5, 0.6) is 0 Å². The Hall–Kier alpha value is -3.27. The Morgan fingerprint density at radius 2 is 1.77 bits per heavy atom. The molecule has 1 saturated heterocycles. The van der Waals surface area contributed by atoms with E-state index in [1.165, 1.54) is 6.07 Å². The second-order valence-corrected chi connectivity index (χ2v) is 7.16. The molecular formula is C20H21F3N7+. The Bertz CT molecular complexity index is 1110. The van der Waals surface area contributed by atoms with E-state index < -0.39 is 11.7 Å². The van der Waals surface area contributed by atoms with E-state index in [1.807, 2.05) is 11.9 Å². The van der Waals surface area contributed by atoms with E-state index in [1.54, 1.807) is 18.2 Å². The first-order chi connectivity index (χ1) is 14.3. The molecule has 3 N–H and O–H groups in total. The van der Waals surface area contributed by atoms with E-state index in [4.69, 9.17) is 5.73 Å². The third kappa shape index (κ3) is 3.65. The Morgan fingerprint density at radius 3 is 2.43 bits per heavy atom. The predicted molar refractivity (Wildman–Crippen MR) is 110 cm³/mol. The molecule has 10 heteroatoms. The molecule has 0 spiro atoms. The van der Waals surface area contributed by atoms with Crippen LogP contribution in [-0.4, -0.2) is 59.8 Å². The number of anilines is 2. The fourth-order valence-electron chi connectivity index (χ4n) is 3.66. The Morgan fingerprint density at radius 1 is 1.03 bits per heavy atom. The molecule has 0 bridgehead atoms. The number of nitrogens with zero attached hydrogens (tertiary/aromatic N) is 5. The van der Waals surface area contributed by atoms with Gasteiger partial charge in [0.15, 0.2) is 5.65 Å². The molecule has 0 amide bonds. The van der Waals surface area contributed by atoms with Crippen LogP contribution in [0.3, 0.4) is 0 Å². The Balaban J connectivity index is 1.93. The molecule has 1 aromatic carbocycles. The summed E-state index contributed by atoms with van der Waals surface area (Å²) in [4.78, 5) is 19.3. The number of nitrogens with one attached hydrogen (secondary N) is 1. The molecule has 0 aliphatic carbocycles. The molecule has 0 unspecified atom stereocenters. The normalized spacial score (nSPS) is 15.5. The minimum absolute atomic E-state index is 0.0396. The van der Waals surface area contributed by atoms with Gasteiger partial charge in [0.2, 0.25) is 0 Å². The molecule has 4 rings (SSSR count). The number of hydrogen-bond donors (Lipinski definition) is 2. The lowest BCUT2D eigenvalue weighted by Gasteiger charge is -2.35. The number of halogens is 3. The minimum Gasteiger partial charge on any atom is -0.368 e. The summed E-state index contributed by atoms with van der Waals surface area (Å²) < 4.78 is 41.8. The van der Waals surface area contributed by atoms with Gasteiger partial charge in [0, 0.05) is 37.4 Å². The van der Waals surface area contributed by atoms with Crippen molar-refractivity contribution in [2.75, 3.05) is 43.9 Å². The lowest BCUT2D eigenvalue weighted by Crippen LogP contribution is -2.58. The average molecular weight is 416 g/mol. The average Bonchev–Trinajstić information content (AvgIpc) is 2.72. The van der Waals surface area contributed by atoms with Crippen molar-refractivity contribution in [3.8, 4) is 11.3 Å². The minimum atomic E-state index is -4.53. The van der Waals surface area contributed by atoms with E-state index in [2.05, 4.69) is 31.6 Å². The van der Waals surface area contributed by atoms with Crippen LogP contribution in [0.1, 0.15) is 5.56 Å². The van der Waals surface area contributed by atoms with Crippen molar-refractivity contribution in [3.05, 3.63) is 35.9 Å². The van der Waals surface area contributed by atoms with Gasteiger partial charge in [0.1, 0.15) is 5.39 Å². The van der Waals surface area contributed by atoms with Gasteiger partial charge in [-0.2, -0.15) is 18.2 Å². The second-order valence-electron chi connectivity index (χ2n) is 7.16. The van der Waals surface area contributed by atoms with Crippen LogP contribution in [0, 0.1) is 0 Å². The van der Waals surface area contributed by atoms with Gasteiger partial charge < -0.3 is 15.5 Å². The predicted octanol–water partition coefficient (Wildman–Crippen LogP) is 1.46. The van der Waals surface area contributed by atoms with Gasteiger partial charge in [0.05, 0.1) is 18.0 Å². The molecule has 1 aliphatic heterocycles. The van der Waals surface area contributed by atoms with Crippen LogP contribution >= 0.6 is 0 Å². The summed E-state index contributed by atoms with van der Waals surface area (Å²) in [6, 6.07) is 7.40. The number of likely N-dealkylation sites (N-methyl/N-ethyl adjacent to an activating group) is 1. The van der Waals surface area contributed by atoms with Crippen LogP contribution in [0.2, 0.25) is 0 Å². The number of piperazine rings is 1. The zero-order valence-corrected chi connectivity index (χ0v) is 16.4. The lowest BCUT2D eigenvalue weighted by molar-refractivity contribution is -0.345. The number of pyridine rings is 1. The van der Waals surface area contributed by atoms with E-state index in [9.17, 15) is 13.2 Å². The summed E-state index contributed by atoms with van der Waals surface area (Å²) >= 11 is 0. The summed E-state index contributed by atoms with van der Waals surface area (Å²) in [6.45, 7) is 6.36. The monoisotopic (exact) mass is 416 g/mol. The number of fused-ring (bicyclic) bond motifs is 1. The van der Waals surface area contributed by atoms with Crippen molar-refractivity contribution in [2.45, 2.75) is 6.18 Å². The van der Waals surface area contributed by atoms with Crippen LogP contribution in [0.25, 0.3) is 22.3 Å². The number of nitrogen functional groups attached to an aromatic ring is 1. The van der Waals surface area contributed by atoms with E-state index in [-0.39, 0.29) is 22.9 Å². The molecule has 2 aromatic heterocycles. The second kappa shape index (κ2) is 7.52. The molecule has 0 radical (unpaired) electrons. The first kappa shape index (κ1) is 20.0. The van der Waals surface area contributed by atoms with Crippen molar-refractivity contribution in [1.29, 1.82) is 0 Å². The van der Waals surface area contributed by atoms with Gasteiger partial charge in [-0.25, -0.2) is 4.98 Å². The maximum Gasteiger partial charge on any atom is 0.417 e. The third-order valence-corrected chi connectivity index (χ3v) is 5.19. The molecule has 3 heterocycles. The molecule has 1 fully saturated rings. The fraction of sp³-hybridized carbons (Fsp3) is 0.300. The zero-order valence-electron chi connectivity index (χ0n) is 16.4. The summed E-state index contributed by atoms with van der Waals surface area (Å²) in [5.74, 6) is 0.321.